The van der Waals surface area contributed by atoms with Crippen molar-refractivity contribution in [3.05, 3.63) is 29.8 Å². The van der Waals surface area contributed by atoms with Gasteiger partial charge in [0, 0.05) is 6.04 Å². The molecule has 2 atom stereocenters. The summed E-state index contributed by atoms with van der Waals surface area (Å²) in [7, 11) is 1.35. The van der Waals surface area contributed by atoms with E-state index in [4.69, 9.17) is 4.74 Å². The van der Waals surface area contributed by atoms with E-state index in [1.807, 2.05) is 0 Å². The number of likely N-dealkylation sites (tertiary alicyclic amines) is 1. The van der Waals surface area contributed by atoms with Crippen LogP contribution >= 0.6 is 0 Å². The van der Waals surface area contributed by atoms with Crippen molar-refractivity contribution < 1.29 is 14.3 Å². The van der Waals surface area contributed by atoms with Crippen molar-refractivity contribution >= 4 is 17.6 Å². The Hall–Kier alpha value is -1.88. The second kappa shape index (κ2) is 7.79. The quantitative estimate of drug-likeness (QED) is 0.862. The maximum Gasteiger partial charge on any atom is 0.339 e. The van der Waals surface area contributed by atoms with E-state index < -0.39 is 5.97 Å². The smallest absolute Gasteiger partial charge is 0.339 e. The predicted molar refractivity (Wildman–Crippen MR) is 93.0 cm³/mol. The second-order valence-corrected chi connectivity index (χ2v) is 6.81. The third-order valence-corrected chi connectivity index (χ3v) is 5.31. The predicted octanol–water partition coefficient (Wildman–Crippen LogP) is 3.07. The molecule has 3 rings (SSSR count). The summed E-state index contributed by atoms with van der Waals surface area (Å²) in [4.78, 5) is 26.7. The SMILES string of the molecule is COC(=O)c1ccccc1NC(=O)CN1CCCC2CCCCC21. The summed E-state index contributed by atoms with van der Waals surface area (Å²) >= 11 is 0. The fourth-order valence-corrected chi connectivity index (χ4v) is 4.18. The van der Waals surface area contributed by atoms with Gasteiger partial charge in [-0.3, -0.25) is 9.69 Å². The number of carbonyl (C=O) groups excluding carboxylic acids is 2. The Bertz CT molecular complexity index is 600. The van der Waals surface area contributed by atoms with Crippen LogP contribution in [-0.2, 0) is 9.53 Å². The molecule has 1 aromatic rings. The molecule has 1 saturated carbocycles. The Morgan fingerprint density at radius 2 is 1.92 bits per heavy atom. The van der Waals surface area contributed by atoms with Crippen LogP contribution in [-0.4, -0.2) is 43.0 Å². The molecule has 1 aliphatic heterocycles. The summed E-state index contributed by atoms with van der Waals surface area (Å²) in [5.41, 5.74) is 0.911. The number of hydrogen-bond donors (Lipinski definition) is 1. The van der Waals surface area contributed by atoms with Crippen LogP contribution in [0.3, 0.4) is 0 Å². The summed E-state index contributed by atoms with van der Waals surface area (Å²) in [6.07, 6.45) is 7.57. The van der Waals surface area contributed by atoms with Crippen LogP contribution in [0.2, 0.25) is 0 Å². The molecule has 0 aromatic heterocycles. The Kier molecular flexibility index (Phi) is 5.51. The van der Waals surface area contributed by atoms with Gasteiger partial charge in [0.15, 0.2) is 0 Å². The fraction of sp³-hybridized carbons (Fsp3) is 0.579. The molecule has 1 amide bonds. The number of methoxy groups -OCH3 is 1. The molecule has 2 fully saturated rings. The molecule has 0 radical (unpaired) electrons. The number of benzene rings is 1. The maximum absolute atomic E-state index is 12.5. The van der Waals surface area contributed by atoms with Crippen molar-refractivity contribution in [2.45, 2.75) is 44.6 Å². The Morgan fingerprint density at radius 1 is 1.17 bits per heavy atom. The van der Waals surface area contributed by atoms with Crippen molar-refractivity contribution in [3.63, 3.8) is 0 Å². The number of amides is 1. The molecule has 130 valence electrons. The Balaban J connectivity index is 1.64. The highest BCUT2D eigenvalue weighted by molar-refractivity contribution is 6.01. The van der Waals surface area contributed by atoms with Crippen LogP contribution in [0.4, 0.5) is 5.69 Å². The molecule has 24 heavy (non-hydrogen) atoms. The zero-order valence-corrected chi connectivity index (χ0v) is 14.3. The van der Waals surface area contributed by atoms with Gasteiger partial charge >= 0.3 is 5.97 Å². The van der Waals surface area contributed by atoms with Crippen LogP contribution in [0.5, 0.6) is 0 Å². The molecule has 1 aliphatic carbocycles. The molecule has 1 aromatic carbocycles. The minimum Gasteiger partial charge on any atom is -0.465 e. The number of ether oxygens (including phenoxy) is 1. The van der Waals surface area contributed by atoms with Gasteiger partial charge in [-0.1, -0.05) is 25.0 Å². The molecule has 1 N–H and O–H groups in total. The van der Waals surface area contributed by atoms with E-state index in [9.17, 15) is 9.59 Å². The van der Waals surface area contributed by atoms with E-state index in [1.54, 1.807) is 24.3 Å². The standard InChI is InChI=1S/C19H26N2O3/c1-24-19(23)15-9-3-4-10-16(15)20-18(22)13-21-12-6-8-14-7-2-5-11-17(14)21/h3-4,9-10,14,17H,2,5-8,11-13H2,1H3,(H,20,22). The maximum atomic E-state index is 12.5. The largest absolute Gasteiger partial charge is 0.465 e. The number of carbonyl (C=O) groups is 2. The van der Waals surface area contributed by atoms with Gasteiger partial charge in [0.1, 0.15) is 0 Å². The fourth-order valence-electron chi connectivity index (χ4n) is 4.18. The molecule has 5 heteroatoms. The zero-order valence-electron chi connectivity index (χ0n) is 14.3. The van der Waals surface area contributed by atoms with Gasteiger partial charge in [-0.25, -0.2) is 4.79 Å². The van der Waals surface area contributed by atoms with Gasteiger partial charge in [-0.2, -0.15) is 0 Å². The molecule has 5 nitrogen and oxygen atoms in total. The van der Waals surface area contributed by atoms with Crippen molar-refractivity contribution in [1.29, 1.82) is 0 Å². The first kappa shape index (κ1) is 17.0. The number of rotatable bonds is 4. The number of hydrogen-bond acceptors (Lipinski definition) is 4. The van der Waals surface area contributed by atoms with Crippen molar-refractivity contribution in [1.82, 2.24) is 4.90 Å². The van der Waals surface area contributed by atoms with Crippen LogP contribution in [0, 0.1) is 5.92 Å². The molecular formula is C19H26N2O3. The number of anilines is 1. The summed E-state index contributed by atoms with van der Waals surface area (Å²) in [6, 6.07) is 7.52. The number of esters is 1. The van der Waals surface area contributed by atoms with Crippen molar-refractivity contribution in [3.8, 4) is 0 Å². The molecular weight excluding hydrogens is 304 g/mol. The zero-order chi connectivity index (χ0) is 16.9. The third kappa shape index (κ3) is 3.78. The van der Waals surface area contributed by atoms with Gasteiger partial charge in [0.2, 0.25) is 5.91 Å². The molecule has 0 bridgehead atoms. The monoisotopic (exact) mass is 330 g/mol. The van der Waals surface area contributed by atoms with E-state index in [0.29, 0.717) is 23.8 Å². The summed E-state index contributed by atoms with van der Waals surface area (Å²) in [5, 5.41) is 2.89. The lowest BCUT2D eigenvalue weighted by Crippen LogP contribution is -2.49. The van der Waals surface area contributed by atoms with E-state index >= 15 is 0 Å². The summed E-state index contributed by atoms with van der Waals surface area (Å²) in [6.45, 7) is 1.39. The lowest BCUT2D eigenvalue weighted by molar-refractivity contribution is -0.118. The number of piperidine rings is 1. The van der Waals surface area contributed by atoms with Crippen LogP contribution in [0.15, 0.2) is 24.3 Å². The van der Waals surface area contributed by atoms with Gasteiger partial charge in [-0.05, 0) is 50.3 Å². The lowest BCUT2D eigenvalue weighted by atomic mass is 9.78. The molecule has 2 unspecified atom stereocenters. The number of nitrogens with one attached hydrogen (secondary N) is 1. The van der Waals surface area contributed by atoms with Gasteiger partial charge in [0.05, 0.1) is 24.9 Å². The van der Waals surface area contributed by atoms with E-state index in [-0.39, 0.29) is 5.91 Å². The van der Waals surface area contributed by atoms with Crippen molar-refractivity contribution in [2.24, 2.45) is 5.92 Å². The molecule has 1 heterocycles. The highest BCUT2D eigenvalue weighted by Gasteiger charge is 2.33. The van der Waals surface area contributed by atoms with Gasteiger partial charge < -0.3 is 10.1 Å². The molecule has 2 aliphatic rings. The van der Waals surface area contributed by atoms with Crippen LogP contribution < -0.4 is 5.32 Å². The van der Waals surface area contributed by atoms with E-state index in [0.717, 1.165) is 12.5 Å². The molecule has 0 spiro atoms. The first-order valence-corrected chi connectivity index (χ1v) is 8.90. The third-order valence-electron chi connectivity index (χ3n) is 5.31. The number of nitrogens with zero attached hydrogens (tertiary/aromatic N) is 1. The lowest BCUT2D eigenvalue weighted by Gasteiger charge is -2.43. The van der Waals surface area contributed by atoms with Gasteiger partial charge in [-0.15, -0.1) is 0 Å². The minimum atomic E-state index is -0.434. The van der Waals surface area contributed by atoms with E-state index in [1.165, 1.54) is 45.6 Å². The average Bonchev–Trinajstić information content (AvgIpc) is 2.62. The van der Waals surface area contributed by atoms with Crippen LogP contribution in [0.25, 0.3) is 0 Å². The van der Waals surface area contributed by atoms with E-state index in [2.05, 4.69) is 10.2 Å². The Morgan fingerprint density at radius 3 is 2.75 bits per heavy atom. The summed E-state index contributed by atoms with van der Waals surface area (Å²) in [5.74, 6) is 0.261. The topological polar surface area (TPSA) is 58.6 Å². The Labute approximate surface area is 143 Å². The highest BCUT2D eigenvalue weighted by atomic mass is 16.5. The first-order valence-electron chi connectivity index (χ1n) is 8.90. The van der Waals surface area contributed by atoms with Crippen molar-refractivity contribution in [2.75, 3.05) is 25.5 Å². The first-order chi connectivity index (χ1) is 11.7. The highest BCUT2D eigenvalue weighted by Crippen LogP contribution is 2.35. The number of para-hydroxylation sites is 1. The van der Waals surface area contributed by atoms with Crippen LogP contribution in [0.1, 0.15) is 48.9 Å². The average molecular weight is 330 g/mol. The number of fused-ring (bicyclic) bond motifs is 1. The summed E-state index contributed by atoms with van der Waals surface area (Å²) < 4.78 is 4.78. The second-order valence-electron chi connectivity index (χ2n) is 6.81. The van der Waals surface area contributed by atoms with Gasteiger partial charge in [0.25, 0.3) is 0 Å². The normalized spacial score (nSPS) is 24.0. The molecule has 1 saturated heterocycles. The minimum absolute atomic E-state index is 0.0578.